The predicted octanol–water partition coefficient (Wildman–Crippen LogP) is 2.87. The summed E-state index contributed by atoms with van der Waals surface area (Å²) in [6.07, 6.45) is -1.80. The van der Waals surface area contributed by atoms with Gasteiger partial charge in [-0.15, -0.1) is 0 Å². The Labute approximate surface area is 156 Å². The van der Waals surface area contributed by atoms with E-state index in [-0.39, 0.29) is 29.5 Å². The molecule has 1 aromatic rings. The highest BCUT2D eigenvalue weighted by molar-refractivity contribution is 7.88. The average Bonchev–Trinajstić information content (AvgIpc) is 2.48. The van der Waals surface area contributed by atoms with E-state index < -0.39 is 22.2 Å². The van der Waals surface area contributed by atoms with E-state index in [1.807, 2.05) is 0 Å². The van der Waals surface area contributed by atoms with E-state index in [0.29, 0.717) is 18.4 Å². The molecule has 0 saturated heterocycles. The van der Waals surface area contributed by atoms with Crippen LogP contribution < -0.4 is 5.73 Å². The van der Waals surface area contributed by atoms with E-state index in [9.17, 15) is 17.2 Å². The smallest absolute Gasteiger partial charge is 0.238 e. The number of thiocarbonyl (C=S) groups is 1. The molecule has 0 spiro atoms. The van der Waals surface area contributed by atoms with Gasteiger partial charge in [0.25, 0.3) is 0 Å². The summed E-state index contributed by atoms with van der Waals surface area (Å²) >= 11 is 10.8. The zero-order chi connectivity index (χ0) is 19.0. The number of nitriles is 1. The minimum absolute atomic E-state index is 0.0423. The number of sulfonamides is 1. The highest BCUT2D eigenvalue weighted by atomic mass is 35.5. The molecule has 10 heteroatoms. The fourth-order valence-electron chi connectivity index (χ4n) is 2.12. The summed E-state index contributed by atoms with van der Waals surface area (Å²) in [6, 6.07) is 6.53. The molecule has 0 atom stereocenters. The van der Waals surface area contributed by atoms with Gasteiger partial charge in [0.05, 0.1) is 23.4 Å². The molecule has 0 saturated carbocycles. The van der Waals surface area contributed by atoms with Gasteiger partial charge in [-0.05, 0) is 30.0 Å². The summed E-state index contributed by atoms with van der Waals surface area (Å²) in [5, 5.41) is 9.00. The van der Waals surface area contributed by atoms with Gasteiger partial charge in [0.2, 0.25) is 16.4 Å². The maximum atomic E-state index is 12.4. The second-order valence-electron chi connectivity index (χ2n) is 5.36. The summed E-state index contributed by atoms with van der Waals surface area (Å²) in [4.78, 5) is -0.0423. The number of rotatable bonds is 10. The van der Waals surface area contributed by atoms with Gasteiger partial charge in [-0.25, -0.2) is 17.2 Å². The molecule has 0 bridgehead atoms. The maximum Gasteiger partial charge on any atom is 0.238 e. The summed E-state index contributed by atoms with van der Waals surface area (Å²) in [7, 11) is -3.84. The van der Waals surface area contributed by atoms with E-state index in [0.717, 1.165) is 9.87 Å². The van der Waals surface area contributed by atoms with Crippen LogP contribution in [0.4, 0.5) is 8.78 Å². The van der Waals surface area contributed by atoms with E-state index in [2.05, 4.69) is 0 Å². The Morgan fingerprint density at radius 1 is 1.44 bits per heavy atom. The van der Waals surface area contributed by atoms with Gasteiger partial charge in [-0.1, -0.05) is 36.0 Å². The first kappa shape index (κ1) is 21.7. The number of hydrogen-bond donors (Lipinski definition) is 1. The Kier molecular flexibility index (Phi) is 8.65. The monoisotopic (exact) mass is 409 g/mol. The Balaban J connectivity index is 2.87. The number of hydrogen-bond acceptors (Lipinski definition) is 4. The van der Waals surface area contributed by atoms with Gasteiger partial charge in [-0.2, -0.15) is 9.57 Å². The predicted molar refractivity (Wildman–Crippen MR) is 97.0 cm³/mol. The molecular formula is C15H18ClF2N3O2S2. The van der Waals surface area contributed by atoms with Crippen molar-refractivity contribution in [1.82, 2.24) is 4.31 Å². The minimum atomic E-state index is -3.84. The molecule has 0 radical (unpaired) electrons. The number of halogens is 3. The molecule has 0 unspecified atom stereocenters. The molecule has 5 nitrogen and oxygen atoms in total. The Morgan fingerprint density at radius 2 is 2.12 bits per heavy atom. The second kappa shape index (κ2) is 9.97. The summed E-state index contributed by atoms with van der Waals surface area (Å²) in [5.41, 5.74) is 6.47. The Bertz CT molecular complexity index is 752. The zero-order valence-electron chi connectivity index (χ0n) is 13.3. The number of nitrogens with two attached hydrogens (primary N) is 1. The van der Waals surface area contributed by atoms with Gasteiger partial charge in [0.1, 0.15) is 6.54 Å². The van der Waals surface area contributed by atoms with Crippen LogP contribution in [0.2, 0.25) is 5.02 Å². The van der Waals surface area contributed by atoms with Crippen LogP contribution in [0.15, 0.2) is 18.2 Å². The maximum absolute atomic E-state index is 12.4. The first-order valence-electron chi connectivity index (χ1n) is 7.34. The van der Waals surface area contributed by atoms with Gasteiger partial charge in [0.15, 0.2) is 0 Å². The van der Waals surface area contributed by atoms with Crippen LogP contribution in [-0.4, -0.2) is 37.2 Å². The lowest BCUT2D eigenvalue weighted by molar-refractivity contribution is 0.135. The van der Waals surface area contributed by atoms with Crippen molar-refractivity contribution < 1.29 is 17.2 Å². The topological polar surface area (TPSA) is 87.2 Å². The quantitative estimate of drug-likeness (QED) is 0.474. The number of aryl methyl sites for hydroxylation is 1. The normalized spacial score (nSPS) is 11.7. The highest BCUT2D eigenvalue weighted by Gasteiger charge is 2.24. The molecule has 1 aromatic carbocycles. The lowest BCUT2D eigenvalue weighted by atomic mass is 10.1. The van der Waals surface area contributed by atoms with Crippen molar-refractivity contribution in [2.24, 2.45) is 5.73 Å². The third-order valence-electron chi connectivity index (χ3n) is 3.32. The first-order valence-corrected chi connectivity index (χ1v) is 9.73. The molecule has 0 aliphatic carbocycles. The average molecular weight is 410 g/mol. The Morgan fingerprint density at radius 3 is 2.64 bits per heavy atom. The van der Waals surface area contributed by atoms with Gasteiger partial charge in [-0.3, -0.25) is 0 Å². The van der Waals surface area contributed by atoms with Crippen LogP contribution in [-0.2, 0) is 22.2 Å². The van der Waals surface area contributed by atoms with E-state index in [4.69, 9.17) is 34.8 Å². The summed E-state index contributed by atoms with van der Waals surface area (Å²) in [5.74, 6) is -0.409. The molecule has 0 fully saturated rings. The van der Waals surface area contributed by atoms with E-state index >= 15 is 0 Å². The minimum Gasteiger partial charge on any atom is -0.392 e. The molecule has 2 N–H and O–H groups in total. The van der Waals surface area contributed by atoms with Crippen molar-refractivity contribution in [3.05, 3.63) is 34.3 Å². The van der Waals surface area contributed by atoms with Crippen LogP contribution in [0, 0.1) is 11.3 Å². The van der Waals surface area contributed by atoms with Crippen LogP contribution in [0.5, 0.6) is 0 Å². The van der Waals surface area contributed by atoms with Crippen molar-refractivity contribution in [2.75, 3.05) is 13.1 Å². The molecule has 0 heterocycles. The van der Waals surface area contributed by atoms with E-state index in [1.165, 1.54) is 0 Å². The van der Waals surface area contributed by atoms with Crippen molar-refractivity contribution in [3.63, 3.8) is 0 Å². The fraction of sp³-hybridized carbons (Fsp3) is 0.467. The molecule has 0 aromatic heterocycles. The fourth-order valence-corrected chi connectivity index (χ4v) is 4.12. The lowest BCUT2D eigenvalue weighted by Crippen LogP contribution is -2.38. The molecule has 1 rings (SSSR count). The zero-order valence-corrected chi connectivity index (χ0v) is 15.7. The Hall–Kier alpha value is -1.34. The van der Waals surface area contributed by atoms with E-state index in [1.54, 1.807) is 24.3 Å². The third-order valence-corrected chi connectivity index (χ3v) is 5.52. The molecule has 138 valence electrons. The molecule has 0 aliphatic heterocycles. The molecule has 0 amide bonds. The number of benzene rings is 1. The van der Waals surface area contributed by atoms with Crippen molar-refractivity contribution in [2.45, 2.75) is 31.4 Å². The lowest BCUT2D eigenvalue weighted by Gasteiger charge is -2.19. The largest absolute Gasteiger partial charge is 0.392 e. The third kappa shape index (κ3) is 7.61. The SMILES string of the molecule is N#CCN(CC(N)=S)S(=O)(=O)Cc1ccc(CCCC(F)F)cc1Cl. The summed E-state index contributed by atoms with van der Waals surface area (Å²) in [6.45, 7) is -0.600. The number of nitrogens with zero attached hydrogens (tertiary/aromatic N) is 2. The molecular weight excluding hydrogens is 392 g/mol. The van der Waals surface area contributed by atoms with Gasteiger partial charge in [0, 0.05) is 11.4 Å². The van der Waals surface area contributed by atoms with Crippen LogP contribution >= 0.6 is 23.8 Å². The van der Waals surface area contributed by atoms with Crippen LogP contribution in [0.1, 0.15) is 24.0 Å². The van der Waals surface area contributed by atoms with Crippen molar-refractivity contribution in [3.8, 4) is 6.07 Å². The highest BCUT2D eigenvalue weighted by Crippen LogP contribution is 2.23. The van der Waals surface area contributed by atoms with Gasteiger partial charge < -0.3 is 5.73 Å². The van der Waals surface area contributed by atoms with Crippen LogP contribution in [0.3, 0.4) is 0 Å². The van der Waals surface area contributed by atoms with Gasteiger partial charge >= 0.3 is 0 Å². The molecule has 0 aliphatic rings. The molecule has 25 heavy (non-hydrogen) atoms. The van der Waals surface area contributed by atoms with Crippen LogP contribution in [0.25, 0.3) is 0 Å². The number of alkyl halides is 2. The van der Waals surface area contributed by atoms with Crippen molar-refractivity contribution in [1.29, 1.82) is 5.26 Å². The summed E-state index contributed by atoms with van der Waals surface area (Å²) < 4.78 is 50.1. The standard InChI is InChI=1S/C15H18ClF2N3O2S2/c16-13-8-11(2-1-3-14(17)18)4-5-12(13)10-25(22,23)21(7-6-19)9-15(20)24/h4-5,8,14H,1-3,7,9-10H2,(H2,20,24). The first-order chi connectivity index (χ1) is 11.7. The van der Waals surface area contributed by atoms with Crippen molar-refractivity contribution >= 4 is 38.8 Å². The second-order valence-corrected chi connectivity index (χ2v) is 8.26.